The molecule has 2 amide bonds. The van der Waals surface area contributed by atoms with Crippen molar-refractivity contribution in [3.05, 3.63) is 80.4 Å². The average Bonchev–Trinajstić information content (AvgIpc) is 3.27. The lowest BCUT2D eigenvalue weighted by Gasteiger charge is -2.12. The zero-order chi connectivity index (χ0) is 23.7. The van der Waals surface area contributed by atoms with E-state index in [9.17, 15) is 14.4 Å². The summed E-state index contributed by atoms with van der Waals surface area (Å²) >= 11 is 12.2. The van der Waals surface area contributed by atoms with Gasteiger partial charge in [0, 0.05) is 24.9 Å². The Bertz CT molecular complexity index is 1330. The highest BCUT2D eigenvalue weighted by Gasteiger charge is 2.47. The minimum atomic E-state index is -0.546. The number of aromatic amines is 1. The molecule has 8 nitrogen and oxygen atoms in total. The monoisotopic (exact) mass is 487 g/mol. The molecule has 4 rings (SSSR count). The SMILES string of the molecule is CCc1[nH]n(-c2ccc(Cl)c(Cl)c2)c(=O)c1C1=C([n+]2ccccc2)C(=O)N(CCOC)C1=O. The lowest BCUT2D eigenvalue weighted by Crippen LogP contribution is -2.40. The maximum absolute atomic E-state index is 13.6. The van der Waals surface area contributed by atoms with Crippen molar-refractivity contribution in [1.82, 2.24) is 14.7 Å². The van der Waals surface area contributed by atoms with E-state index in [2.05, 4.69) is 5.10 Å². The van der Waals surface area contributed by atoms with Crippen LogP contribution in [0, 0.1) is 0 Å². The van der Waals surface area contributed by atoms with Gasteiger partial charge in [0.1, 0.15) is 5.57 Å². The number of hydrogen-bond acceptors (Lipinski definition) is 4. The van der Waals surface area contributed by atoms with Gasteiger partial charge in [-0.15, -0.1) is 0 Å². The molecule has 0 saturated carbocycles. The van der Waals surface area contributed by atoms with Gasteiger partial charge in [0.15, 0.2) is 12.4 Å². The van der Waals surface area contributed by atoms with E-state index in [1.807, 2.05) is 6.92 Å². The van der Waals surface area contributed by atoms with Crippen LogP contribution in [-0.2, 0) is 20.7 Å². The van der Waals surface area contributed by atoms with E-state index in [0.717, 1.165) is 4.90 Å². The summed E-state index contributed by atoms with van der Waals surface area (Å²) in [7, 11) is 1.49. The summed E-state index contributed by atoms with van der Waals surface area (Å²) in [5, 5.41) is 3.70. The molecule has 1 aliphatic rings. The molecule has 33 heavy (non-hydrogen) atoms. The molecule has 0 saturated heterocycles. The van der Waals surface area contributed by atoms with Crippen LogP contribution in [0.4, 0.5) is 0 Å². The largest absolute Gasteiger partial charge is 0.383 e. The van der Waals surface area contributed by atoms with Gasteiger partial charge in [0.2, 0.25) is 0 Å². The molecule has 10 heteroatoms. The zero-order valence-corrected chi connectivity index (χ0v) is 19.5. The van der Waals surface area contributed by atoms with Gasteiger partial charge in [-0.3, -0.25) is 24.4 Å². The van der Waals surface area contributed by atoms with Crippen molar-refractivity contribution < 1.29 is 18.9 Å². The van der Waals surface area contributed by atoms with E-state index in [-0.39, 0.29) is 35.0 Å². The van der Waals surface area contributed by atoms with Gasteiger partial charge in [-0.05, 0) is 24.6 Å². The summed E-state index contributed by atoms with van der Waals surface area (Å²) in [6.45, 7) is 2.11. The van der Waals surface area contributed by atoms with Crippen molar-refractivity contribution in [2.24, 2.45) is 0 Å². The quantitative estimate of drug-likeness (QED) is 0.409. The highest BCUT2D eigenvalue weighted by molar-refractivity contribution is 6.44. The highest BCUT2D eigenvalue weighted by atomic mass is 35.5. The lowest BCUT2D eigenvalue weighted by atomic mass is 10.0. The number of nitrogens with one attached hydrogen (secondary N) is 1. The molecule has 2 aromatic heterocycles. The number of carbonyl (C=O) groups is 2. The molecule has 0 spiro atoms. The number of aromatic nitrogens is 3. The molecule has 170 valence electrons. The van der Waals surface area contributed by atoms with E-state index in [1.165, 1.54) is 11.8 Å². The van der Waals surface area contributed by atoms with Crippen molar-refractivity contribution in [1.29, 1.82) is 0 Å². The summed E-state index contributed by atoms with van der Waals surface area (Å²) in [6, 6.07) is 10.1. The third kappa shape index (κ3) is 4.01. The average molecular weight is 488 g/mol. The fourth-order valence-corrected chi connectivity index (χ4v) is 4.06. The molecule has 0 bridgehead atoms. The number of carbonyl (C=O) groups excluding carboxylic acids is 2. The maximum Gasteiger partial charge on any atom is 0.326 e. The van der Waals surface area contributed by atoms with Gasteiger partial charge in [0.05, 0.1) is 34.4 Å². The third-order valence-corrected chi connectivity index (χ3v) is 6.11. The van der Waals surface area contributed by atoms with Gasteiger partial charge in [-0.2, -0.15) is 4.57 Å². The number of nitrogens with zero attached hydrogens (tertiary/aromatic N) is 3. The molecule has 3 aromatic rings. The number of pyridine rings is 1. The topological polar surface area (TPSA) is 88.3 Å². The van der Waals surface area contributed by atoms with Gasteiger partial charge in [-0.25, -0.2) is 4.68 Å². The number of methoxy groups -OCH3 is 1. The summed E-state index contributed by atoms with van der Waals surface area (Å²) in [5.74, 6) is -1.04. The van der Waals surface area contributed by atoms with Crippen molar-refractivity contribution >= 4 is 46.3 Å². The molecule has 0 unspecified atom stereocenters. The smallest absolute Gasteiger partial charge is 0.326 e. The molecule has 1 aliphatic heterocycles. The molecule has 1 aromatic carbocycles. The molecule has 1 N–H and O–H groups in total. The van der Waals surface area contributed by atoms with Crippen molar-refractivity contribution in [3.63, 3.8) is 0 Å². The van der Waals surface area contributed by atoms with Crippen molar-refractivity contribution in [2.45, 2.75) is 13.3 Å². The molecule has 0 atom stereocenters. The molecule has 0 aliphatic carbocycles. The van der Waals surface area contributed by atoms with Crippen LogP contribution in [0.3, 0.4) is 0 Å². The number of hydrogen-bond donors (Lipinski definition) is 1. The molecule has 0 radical (unpaired) electrons. The van der Waals surface area contributed by atoms with Crippen LogP contribution in [0.2, 0.25) is 10.0 Å². The van der Waals surface area contributed by atoms with E-state index in [1.54, 1.807) is 53.4 Å². The molecule has 0 fully saturated rings. The van der Waals surface area contributed by atoms with Gasteiger partial charge in [-0.1, -0.05) is 36.2 Å². The first-order chi connectivity index (χ1) is 15.9. The maximum atomic E-state index is 13.6. The predicted molar refractivity (Wildman–Crippen MR) is 124 cm³/mol. The summed E-state index contributed by atoms with van der Waals surface area (Å²) in [6.07, 6.45) is 3.75. The van der Waals surface area contributed by atoms with Crippen LogP contribution in [0.1, 0.15) is 18.2 Å². The van der Waals surface area contributed by atoms with Gasteiger partial charge < -0.3 is 4.74 Å². The Morgan fingerprint density at radius 1 is 1.03 bits per heavy atom. The first kappa shape index (κ1) is 23.0. The Labute approximate surface area is 199 Å². The van der Waals surface area contributed by atoms with Crippen LogP contribution in [-0.4, -0.2) is 46.8 Å². The number of amides is 2. The second-order valence-electron chi connectivity index (χ2n) is 7.32. The van der Waals surface area contributed by atoms with Crippen molar-refractivity contribution in [2.75, 3.05) is 20.3 Å². The lowest BCUT2D eigenvalue weighted by molar-refractivity contribution is -0.576. The number of rotatable bonds is 7. The van der Waals surface area contributed by atoms with Crippen molar-refractivity contribution in [3.8, 4) is 5.69 Å². The van der Waals surface area contributed by atoms with E-state index in [4.69, 9.17) is 27.9 Å². The minimum absolute atomic E-state index is 0.0456. The third-order valence-electron chi connectivity index (χ3n) is 5.37. The van der Waals surface area contributed by atoms with Crippen LogP contribution >= 0.6 is 23.2 Å². The highest BCUT2D eigenvalue weighted by Crippen LogP contribution is 2.30. The number of ether oxygens (including phenoxy) is 1. The van der Waals surface area contributed by atoms with Gasteiger partial charge >= 0.3 is 5.91 Å². The number of H-pyrrole nitrogens is 1. The fraction of sp³-hybridized carbons (Fsp3) is 0.217. The zero-order valence-electron chi connectivity index (χ0n) is 18.0. The predicted octanol–water partition coefficient (Wildman–Crippen LogP) is 2.71. The number of aryl methyl sites for hydroxylation is 1. The van der Waals surface area contributed by atoms with Crippen LogP contribution < -0.4 is 10.1 Å². The van der Waals surface area contributed by atoms with E-state index in [0.29, 0.717) is 22.8 Å². The Kier molecular flexibility index (Phi) is 6.51. The van der Waals surface area contributed by atoms with Gasteiger partial charge in [0.25, 0.3) is 17.2 Å². The number of imide groups is 1. The number of benzene rings is 1. The Morgan fingerprint density at radius 3 is 2.39 bits per heavy atom. The molecule has 3 heterocycles. The molecular formula is C23H21Cl2N4O4+. The van der Waals surface area contributed by atoms with Crippen LogP contribution in [0.5, 0.6) is 0 Å². The first-order valence-electron chi connectivity index (χ1n) is 10.2. The Balaban J connectivity index is 1.96. The Hall–Kier alpha value is -3.20. The standard InChI is InChI=1S/C23H20Cl2N4O4/c1-3-17-18(22(31)29(26-17)14-7-8-15(24)16(25)13-14)19-20(27-9-5-4-6-10-27)23(32)28(21(19)30)11-12-33-2/h4-10,13H,3,11-12H2,1-2H3/p+1. The summed E-state index contributed by atoms with van der Waals surface area (Å²) < 4.78 is 7.92. The van der Waals surface area contributed by atoms with E-state index < -0.39 is 17.4 Å². The summed E-state index contributed by atoms with van der Waals surface area (Å²) in [4.78, 5) is 41.4. The van der Waals surface area contributed by atoms with E-state index >= 15 is 0 Å². The van der Waals surface area contributed by atoms with Crippen LogP contribution in [0.15, 0.2) is 53.6 Å². The Morgan fingerprint density at radius 2 is 1.76 bits per heavy atom. The minimum Gasteiger partial charge on any atom is -0.383 e. The number of halogens is 2. The normalized spacial score (nSPS) is 14.0. The first-order valence-corrected chi connectivity index (χ1v) is 11.0. The molecular weight excluding hydrogens is 467 g/mol. The fourth-order valence-electron chi connectivity index (χ4n) is 3.76. The second-order valence-corrected chi connectivity index (χ2v) is 8.13. The summed E-state index contributed by atoms with van der Waals surface area (Å²) in [5.41, 5.74) is 0.813. The van der Waals surface area contributed by atoms with Crippen LogP contribution in [0.25, 0.3) is 17.0 Å². The second kappa shape index (κ2) is 9.35.